The van der Waals surface area contributed by atoms with E-state index in [9.17, 15) is 24.3 Å². The van der Waals surface area contributed by atoms with E-state index in [1.54, 1.807) is 24.3 Å². The summed E-state index contributed by atoms with van der Waals surface area (Å²) < 4.78 is 0.392. The number of primary amides is 1. The highest BCUT2D eigenvalue weighted by Gasteiger charge is 2.44. The molecule has 0 aliphatic heterocycles. The van der Waals surface area contributed by atoms with Crippen molar-refractivity contribution in [3.05, 3.63) is 62.1 Å². The predicted molar refractivity (Wildman–Crippen MR) is 108 cm³/mol. The molecule has 0 fully saturated rings. The molecular formula is C22H18BrNO5. The number of carbonyl (C=O) groups is 4. The second kappa shape index (κ2) is 6.62. The highest BCUT2D eigenvalue weighted by Crippen LogP contribution is 2.49. The first-order valence-electron chi connectivity index (χ1n) is 9.22. The van der Waals surface area contributed by atoms with Crippen LogP contribution in [0.3, 0.4) is 0 Å². The van der Waals surface area contributed by atoms with Gasteiger partial charge >= 0.3 is 0 Å². The van der Waals surface area contributed by atoms with Crippen molar-refractivity contribution in [3.8, 4) is 5.75 Å². The molecule has 0 aromatic heterocycles. The van der Waals surface area contributed by atoms with Crippen LogP contribution in [0.1, 0.15) is 62.7 Å². The van der Waals surface area contributed by atoms with Crippen molar-refractivity contribution in [1.29, 1.82) is 0 Å². The van der Waals surface area contributed by atoms with Gasteiger partial charge in [-0.05, 0) is 53.2 Å². The summed E-state index contributed by atoms with van der Waals surface area (Å²) in [5.41, 5.74) is 6.13. The van der Waals surface area contributed by atoms with E-state index in [0.29, 0.717) is 28.4 Å². The molecule has 0 spiro atoms. The number of amides is 1. The minimum atomic E-state index is -0.984. The Bertz CT molecular complexity index is 1140. The van der Waals surface area contributed by atoms with Crippen LogP contribution in [-0.4, -0.2) is 28.4 Å². The Morgan fingerprint density at radius 1 is 1.10 bits per heavy atom. The normalized spacial score (nSPS) is 19.9. The molecule has 2 aliphatic carbocycles. The predicted octanol–water partition coefficient (Wildman–Crippen LogP) is 2.87. The van der Waals surface area contributed by atoms with E-state index in [2.05, 4.69) is 15.9 Å². The largest absolute Gasteiger partial charge is 0.507 e. The number of ketones is 3. The molecule has 1 amide bonds. The van der Waals surface area contributed by atoms with Crippen LogP contribution in [0.25, 0.3) is 0 Å². The van der Waals surface area contributed by atoms with E-state index in [0.717, 1.165) is 0 Å². The monoisotopic (exact) mass is 455 g/mol. The van der Waals surface area contributed by atoms with Gasteiger partial charge in [0.15, 0.2) is 11.6 Å². The number of phenolic OH excluding ortho intramolecular Hbond substituents is 1. The number of Topliss-reactive ketones (excluding diaryl/α,β-unsaturated/α-hetero) is 1. The van der Waals surface area contributed by atoms with Crippen molar-refractivity contribution in [2.75, 3.05) is 0 Å². The van der Waals surface area contributed by atoms with Gasteiger partial charge in [-0.3, -0.25) is 19.2 Å². The number of fused-ring (bicyclic) bond motifs is 3. The van der Waals surface area contributed by atoms with Gasteiger partial charge in [0.1, 0.15) is 11.5 Å². The third kappa shape index (κ3) is 2.75. The first kappa shape index (κ1) is 19.5. The minimum Gasteiger partial charge on any atom is -0.507 e. The van der Waals surface area contributed by atoms with Gasteiger partial charge in [0.05, 0.1) is 11.1 Å². The molecule has 148 valence electrons. The quantitative estimate of drug-likeness (QED) is 0.629. The molecule has 0 radical (unpaired) electrons. The zero-order valence-corrected chi connectivity index (χ0v) is 17.3. The number of rotatable bonds is 3. The summed E-state index contributed by atoms with van der Waals surface area (Å²) in [7, 11) is 0. The lowest BCUT2D eigenvalue weighted by Crippen LogP contribution is -2.40. The van der Waals surface area contributed by atoms with Gasteiger partial charge in [0.2, 0.25) is 5.91 Å². The van der Waals surface area contributed by atoms with Crippen molar-refractivity contribution >= 4 is 39.2 Å². The fourth-order valence-corrected chi connectivity index (χ4v) is 5.30. The molecular weight excluding hydrogens is 438 g/mol. The van der Waals surface area contributed by atoms with Gasteiger partial charge < -0.3 is 10.8 Å². The highest BCUT2D eigenvalue weighted by atomic mass is 79.9. The second-order valence-electron chi connectivity index (χ2n) is 7.73. The number of carbonyl (C=O) groups excluding carboxylic acids is 4. The van der Waals surface area contributed by atoms with Gasteiger partial charge in [-0.15, -0.1) is 0 Å². The summed E-state index contributed by atoms with van der Waals surface area (Å²) in [5.74, 6) is -1.74. The lowest BCUT2D eigenvalue weighted by Gasteiger charge is -2.37. The maximum atomic E-state index is 13.2. The number of aromatic hydroxyl groups is 1. The van der Waals surface area contributed by atoms with E-state index in [4.69, 9.17) is 5.73 Å². The van der Waals surface area contributed by atoms with Crippen LogP contribution in [0.2, 0.25) is 0 Å². The van der Waals surface area contributed by atoms with Crippen LogP contribution >= 0.6 is 15.9 Å². The third-order valence-electron chi connectivity index (χ3n) is 6.12. The highest BCUT2D eigenvalue weighted by molar-refractivity contribution is 9.10. The number of halogens is 1. The van der Waals surface area contributed by atoms with Crippen LogP contribution < -0.4 is 5.73 Å². The summed E-state index contributed by atoms with van der Waals surface area (Å²) in [4.78, 5) is 50.2. The Balaban J connectivity index is 1.95. The number of phenols is 1. The van der Waals surface area contributed by atoms with Crippen molar-refractivity contribution < 1.29 is 24.3 Å². The van der Waals surface area contributed by atoms with Crippen LogP contribution in [0, 0.1) is 5.41 Å². The van der Waals surface area contributed by atoms with Crippen molar-refractivity contribution in [2.45, 2.75) is 32.6 Å². The van der Waals surface area contributed by atoms with Crippen molar-refractivity contribution in [3.63, 3.8) is 0 Å². The SMILES string of the molecule is CC(=O)C1(CC(N)=O)CCc2c(O)c3c(c(Br)c2C1)C(=O)c1ccccc1C3=O. The van der Waals surface area contributed by atoms with E-state index >= 15 is 0 Å². The molecule has 1 unspecified atom stereocenters. The van der Waals surface area contributed by atoms with Crippen molar-refractivity contribution in [2.24, 2.45) is 11.1 Å². The zero-order valence-electron chi connectivity index (χ0n) is 15.7. The van der Waals surface area contributed by atoms with Gasteiger partial charge in [-0.25, -0.2) is 0 Å². The summed E-state index contributed by atoms with van der Waals surface area (Å²) in [5, 5.41) is 10.9. The van der Waals surface area contributed by atoms with E-state index in [-0.39, 0.29) is 52.4 Å². The molecule has 2 aliphatic rings. The summed E-state index contributed by atoms with van der Waals surface area (Å²) in [6.45, 7) is 1.42. The Labute approximate surface area is 175 Å². The molecule has 7 heteroatoms. The van der Waals surface area contributed by atoms with Crippen LogP contribution in [-0.2, 0) is 22.4 Å². The fourth-order valence-electron chi connectivity index (χ4n) is 4.54. The smallest absolute Gasteiger partial charge is 0.218 e. The number of hydrogen-bond donors (Lipinski definition) is 2. The van der Waals surface area contributed by atoms with Crippen molar-refractivity contribution in [1.82, 2.24) is 0 Å². The van der Waals surface area contributed by atoms with E-state index in [1.807, 2.05) is 0 Å². The Morgan fingerprint density at radius 2 is 1.69 bits per heavy atom. The first-order valence-corrected chi connectivity index (χ1v) is 10.0. The standard InChI is InChI=1S/C22H18BrNO5/c1-10(25)22(9-15(24)26)7-6-13-14(8-22)18(23)16-17(21(13)29)20(28)12-5-3-2-4-11(12)19(16)27/h2-5,29H,6-9H2,1H3,(H2,24,26). The summed E-state index contributed by atoms with van der Waals surface area (Å²) >= 11 is 3.46. The topological polar surface area (TPSA) is 115 Å². The number of hydrogen-bond acceptors (Lipinski definition) is 5. The van der Waals surface area contributed by atoms with Gasteiger partial charge in [0, 0.05) is 27.4 Å². The lowest BCUT2D eigenvalue weighted by atomic mass is 9.66. The molecule has 0 bridgehead atoms. The Hall–Kier alpha value is -2.80. The summed E-state index contributed by atoms with van der Waals surface area (Å²) in [6.07, 6.45) is 0.672. The van der Waals surface area contributed by atoms with Crippen LogP contribution in [0.15, 0.2) is 28.7 Å². The lowest BCUT2D eigenvalue weighted by molar-refractivity contribution is -0.133. The molecule has 0 saturated carbocycles. The Kier molecular flexibility index (Phi) is 4.46. The molecule has 6 nitrogen and oxygen atoms in total. The van der Waals surface area contributed by atoms with Crippen LogP contribution in [0.4, 0.5) is 0 Å². The summed E-state index contributed by atoms with van der Waals surface area (Å²) in [6, 6.07) is 6.49. The first-order chi connectivity index (χ1) is 13.7. The average Bonchev–Trinajstić information content (AvgIpc) is 2.68. The number of benzene rings is 2. The molecule has 0 heterocycles. The third-order valence-corrected chi connectivity index (χ3v) is 7.00. The molecule has 29 heavy (non-hydrogen) atoms. The molecule has 2 aromatic rings. The molecule has 0 saturated heterocycles. The maximum absolute atomic E-state index is 13.2. The molecule has 1 atom stereocenters. The number of nitrogens with two attached hydrogens (primary N) is 1. The van der Waals surface area contributed by atoms with Gasteiger partial charge in [0.25, 0.3) is 0 Å². The average molecular weight is 456 g/mol. The maximum Gasteiger partial charge on any atom is 0.218 e. The fraction of sp³-hybridized carbons (Fsp3) is 0.273. The Morgan fingerprint density at radius 3 is 2.24 bits per heavy atom. The van der Waals surface area contributed by atoms with E-state index < -0.39 is 17.1 Å². The zero-order chi connectivity index (χ0) is 21.1. The van der Waals surface area contributed by atoms with Gasteiger partial charge in [-0.1, -0.05) is 24.3 Å². The van der Waals surface area contributed by atoms with Gasteiger partial charge in [-0.2, -0.15) is 0 Å². The minimum absolute atomic E-state index is 0.00967. The van der Waals surface area contributed by atoms with Crippen LogP contribution in [0.5, 0.6) is 5.75 Å². The molecule has 4 rings (SSSR count). The van der Waals surface area contributed by atoms with E-state index in [1.165, 1.54) is 6.92 Å². The second-order valence-corrected chi connectivity index (χ2v) is 8.52. The molecule has 2 aromatic carbocycles. The molecule has 3 N–H and O–H groups in total.